The van der Waals surface area contributed by atoms with E-state index in [0.29, 0.717) is 35.0 Å². The molecule has 11 heteroatoms. The highest BCUT2D eigenvalue weighted by Crippen LogP contribution is 2.27. The summed E-state index contributed by atoms with van der Waals surface area (Å²) in [4.78, 5) is 41.0. The average Bonchev–Trinajstić information content (AvgIpc) is 3.40. The van der Waals surface area contributed by atoms with Gasteiger partial charge in [0, 0.05) is 17.9 Å². The minimum Gasteiger partial charge on any atom is -0.384 e. The second-order valence-corrected chi connectivity index (χ2v) is 10.9. The molecule has 0 saturated carbocycles. The topological polar surface area (TPSA) is 130 Å². The predicted octanol–water partition coefficient (Wildman–Crippen LogP) is 2.28. The lowest BCUT2D eigenvalue weighted by Gasteiger charge is -2.18. The summed E-state index contributed by atoms with van der Waals surface area (Å²) in [6.45, 7) is 7.70. The van der Waals surface area contributed by atoms with Crippen LogP contribution in [0.5, 0.6) is 0 Å². The molecule has 0 bridgehead atoms. The van der Waals surface area contributed by atoms with E-state index in [1.165, 1.54) is 16.4 Å². The Morgan fingerprint density at radius 2 is 1.98 bits per heavy atom. The number of hydrogen-bond donors (Lipinski definition) is 3. The van der Waals surface area contributed by atoms with Gasteiger partial charge in [-0.05, 0) is 76.2 Å². The van der Waals surface area contributed by atoms with Gasteiger partial charge >= 0.3 is 0 Å². The molecule has 1 aromatic carbocycles. The maximum Gasteiger partial charge on any atom is 0.278 e. The van der Waals surface area contributed by atoms with Gasteiger partial charge in [-0.15, -0.1) is 6.58 Å². The van der Waals surface area contributed by atoms with Crippen LogP contribution in [-0.4, -0.2) is 66.9 Å². The SMILES string of the molecule is C=CCn1c(=O)c2cnc(Nc3ccc4c(c3)CC(NC(=O)CN(C)C)C4)nc2n1-c1cccc(C(C)(C)O)n1. The monoisotopic (exact) mass is 542 g/mol. The van der Waals surface area contributed by atoms with Gasteiger partial charge in [-0.3, -0.25) is 9.59 Å². The number of rotatable bonds is 9. The van der Waals surface area contributed by atoms with Crippen LogP contribution >= 0.6 is 0 Å². The Morgan fingerprint density at radius 1 is 1.20 bits per heavy atom. The summed E-state index contributed by atoms with van der Waals surface area (Å²) < 4.78 is 3.12. The fourth-order valence-corrected chi connectivity index (χ4v) is 4.98. The Labute approximate surface area is 232 Å². The van der Waals surface area contributed by atoms with Crippen molar-refractivity contribution in [3.8, 4) is 5.82 Å². The number of aromatic nitrogens is 5. The van der Waals surface area contributed by atoms with Gasteiger partial charge in [-0.2, -0.15) is 4.98 Å². The van der Waals surface area contributed by atoms with Crippen LogP contribution in [0.25, 0.3) is 16.9 Å². The average molecular weight is 543 g/mol. The highest BCUT2D eigenvalue weighted by atomic mass is 16.3. The third kappa shape index (κ3) is 5.51. The minimum absolute atomic E-state index is 0.0138. The van der Waals surface area contributed by atoms with Crippen LogP contribution in [0, 0.1) is 0 Å². The molecule has 40 heavy (non-hydrogen) atoms. The van der Waals surface area contributed by atoms with E-state index in [-0.39, 0.29) is 24.1 Å². The number of aliphatic hydroxyl groups is 1. The van der Waals surface area contributed by atoms with E-state index >= 15 is 0 Å². The fourth-order valence-electron chi connectivity index (χ4n) is 4.98. The molecule has 1 atom stereocenters. The van der Waals surface area contributed by atoms with E-state index in [9.17, 15) is 14.7 Å². The molecule has 0 radical (unpaired) electrons. The van der Waals surface area contributed by atoms with Crippen molar-refractivity contribution in [2.24, 2.45) is 0 Å². The Bertz CT molecular complexity index is 1650. The molecule has 3 N–H and O–H groups in total. The van der Waals surface area contributed by atoms with Gasteiger partial charge in [0.2, 0.25) is 11.9 Å². The van der Waals surface area contributed by atoms with Crippen LogP contribution in [0.4, 0.5) is 11.6 Å². The Morgan fingerprint density at radius 3 is 2.70 bits per heavy atom. The lowest BCUT2D eigenvalue weighted by molar-refractivity contribution is -0.122. The van der Waals surface area contributed by atoms with Crippen molar-refractivity contribution in [1.82, 2.24) is 34.5 Å². The first-order chi connectivity index (χ1) is 19.0. The molecular weight excluding hydrogens is 508 g/mol. The van der Waals surface area contributed by atoms with Crippen LogP contribution in [0.15, 0.2) is 60.0 Å². The molecule has 1 unspecified atom stereocenters. The Balaban J connectivity index is 1.46. The molecule has 1 aliphatic carbocycles. The van der Waals surface area contributed by atoms with Crippen molar-refractivity contribution in [3.63, 3.8) is 0 Å². The molecule has 11 nitrogen and oxygen atoms in total. The highest BCUT2D eigenvalue weighted by molar-refractivity contribution is 5.79. The van der Waals surface area contributed by atoms with Gasteiger partial charge < -0.3 is 20.6 Å². The zero-order valence-corrected chi connectivity index (χ0v) is 23.2. The van der Waals surface area contributed by atoms with Crippen molar-refractivity contribution < 1.29 is 9.90 Å². The number of pyridine rings is 1. The van der Waals surface area contributed by atoms with Crippen molar-refractivity contribution in [1.29, 1.82) is 0 Å². The molecule has 1 aliphatic rings. The molecule has 1 amide bonds. The van der Waals surface area contributed by atoms with E-state index in [2.05, 4.69) is 33.2 Å². The second kappa shape index (κ2) is 10.7. The van der Waals surface area contributed by atoms with E-state index in [0.717, 1.165) is 24.1 Å². The first kappa shape index (κ1) is 27.2. The van der Waals surface area contributed by atoms with Gasteiger partial charge in [0.25, 0.3) is 5.56 Å². The van der Waals surface area contributed by atoms with Crippen molar-refractivity contribution in [3.05, 3.63) is 82.4 Å². The number of likely N-dealkylation sites (N-methyl/N-ethyl adjacent to an activating group) is 1. The van der Waals surface area contributed by atoms with Gasteiger partial charge in [-0.1, -0.05) is 18.2 Å². The van der Waals surface area contributed by atoms with Gasteiger partial charge in [-0.25, -0.2) is 19.3 Å². The quantitative estimate of drug-likeness (QED) is 0.275. The summed E-state index contributed by atoms with van der Waals surface area (Å²) in [5.41, 5.74) is 2.58. The largest absolute Gasteiger partial charge is 0.384 e. The number of allylic oxidation sites excluding steroid dienone is 1. The van der Waals surface area contributed by atoms with E-state index < -0.39 is 5.60 Å². The molecule has 0 fully saturated rings. The summed E-state index contributed by atoms with van der Waals surface area (Å²) in [6, 6.07) is 11.4. The molecule has 3 aromatic heterocycles. The maximum absolute atomic E-state index is 13.2. The van der Waals surface area contributed by atoms with Gasteiger partial charge in [0.1, 0.15) is 11.0 Å². The number of nitrogens with zero attached hydrogens (tertiary/aromatic N) is 6. The normalized spacial score (nSPS) is 14.9. The number of nitrogens with one attached hydrogen (secondary N) is 2. The van der Waals surface area contributed by atoms with Crippen LogP contribution in [0.2, 0.25) is 0 Å². The van der Waals surface area contributed by atoms with Crippen LogP contribution in [0.1, 0.15) is 30.7 Å². The Hall–Kier alpha value is -4.35. The fraction of sp³-hybridized carbons (Fsp3) is 0.345. The lowest BCUT2D eigenvalue weighted by Crippen LogP contribution is -2.40. The van der Waals surface area contributed by atoms with Crippen LogP contribution in [0.3, 0.4) is 0 Å². The van der Waals surface area contributed by atoms with E-state index in [1.807, 2.05) is 31.1 Å². The van der Waals surface area contributed by atoms with Crippen LogP contribution in [-0.2, 0) is 29.8 Å². The molecule has 5 rings (SSSR count). The van der Waals surface area contributed by atoms with E-state index in [4.69, 9.17) is 4.98 Å². The number of benzene rings is 1. The molecule has 0 aliphatic heterocycles. The molecule has 0 spiro atoms. The number of carbonyl (C=O) groups excluding carboxylic acids is 1. The minimum atomic E-state index is -1.16. The van der Waals surface area contributed by atoms with Crippen molar-refractivity contribution in [2.45, 2.75) is 44.9 Å². The molecular formula is C29H34N8O3. The standard InChI is InChI=1S/C29H34N8O3/c1-6-12-36-27(39)22-16-30-28(34-26(22)37(36)24-9-7-8-23(33-24)29(2,3)40)32-20-11-10-18-13-21(15-19(18)14-20)31-25(38)17-35(4)5/h6-11,14,16,21,40H,1,12-13,15,17H2,2-5H3,(H,31,38)(H,30,32,34). The lowest BCUT2D eigenvalue weighted by atomic mass is 10.1. The highest BCUT2D eigenvalue weighted by Gasteiger charge is 2.24. The molecule has 3 heterocycles. The molecule has 208 valence electrons. The first-order valence-electron chi connectivity index (χ1n) is 13.2. The van der Waals surface area contributed by atoms with Gasteiger partial charge in [0.15, 0.2) is 11.5 Å². The van der Waals surface area contributed by atoms with Crippen molar-refractivity contribution in [2.75, 3.05) is 26.0 Å². The summed E-state index contributed by atoms with van der Waals surface area (Å²) in [7, 11) is 3.75. The zero-order chi connectivity index (χ0) is 28.6. The molecule has 0 saturated heterocycles. The first-order valence-corrected chi connectivity index (χ1v) is 13.2. The van der Waals surface area contributed by atoms with Crippen LogP contribution < -0.4 is 16.2 Å². The Kier molecular flexibility index (Phi) is 7.26. The zero-order valence-electron chi connectivity index (χ0n) is 23.2. The summed E-state index contributed by atoms with van der Waals surface area (Å²) >= 11 is 0. The number of amides is 1. The number of carbonyl (C=O) groups is 1. The smallest absolute Gasteiger partial charge is 0.278 e. The maximum atomic E-state index is 13.2. The summed E-state index contributed by atoms with van der Waals surface area (Å²) in [5, 5.41) is 17.2. The second-order valence-electron chi connectivity index (χ2n) is 10.9. The number of hydrogen-bond acceptors (Lipinski definition) is 8. The third-order valence-electron chi connectivity index (χ3n) is 6.78. The number of fused-ring (bicyclic) bond motifs is 2. The third-order valence-corrected chi connectivity index (χ3v) is 6.78. The number of anilines is 2. The predicted molar refractivity (Wildman–Crippen MR) is 154 cm³/mol. The summed E-state index contributed by atoms with van der Waals surface area (Å²) in [5.74, 6) is 0.780. The van der Waals surface area contributed by atoms with E-state index in [1.54, 1.807) is 42.8 Å². The molecule has 4 aromatic rings. The van der Waals surface area contributed by atoms with Crippen molar-refractivity contribution >= 4 is 28.6 Å². The van der Waals surface area contributed by atoms with Gasteiger partial charge in [0.05, 0.1) is 18.8 Å². The summed E-state index contributed by atoms with van der Waals surface area (Å²) in [6.07, 6.45) is 4.67.